The molecule has 5 rings (SSSR count). The molecular formula is C25H29ClN8O2S. The zero-order chi connectivity index (χ0) is 26.5. The van der Waals surface area contributed by atoms with Crippen molar-refractivity contribution in [2.75, 3.05) is 47.8 Å². The van der Waals surface area contributed by atoms with Crippen LogP contribution in [0.2, 0.25) is 5.15 Å². The normalized spacial score (nSPS) is 17.6. The van der Waals surface area contributed by atoms with Crippen molar-refractivity contribution in [2.45, 2.75) is 13.0 Å². The SMILES string of the molecule is C[C@@H]1[C@@H](CS(C)(=O)=O)CN1c1ccc(N(C)C)c2cc(Nc3ccnc(-c4cn(C)nc4Cl)n3)ncc12. The Morgan fingerprint density at radius 3 is 2.59 bits per heavy atom. The van der Waals surface area contributed by atoms with Gasteiger partial charge in [-0.1, -0.05) is 11.6 Å². The number of benzene rings is 1. The number of nitrogens with one attached hydrogen (secondary N) is 1. The van der Waals surface area contributed by atoms with Gasteiger partial charge in [0.15, 0.2) is 11.0 Å². The molecule has 4 aromatic rings. The molecule has 4 heterocycles. The van der Waals surface area contributed by atoms with Crippen LogP contribution in [-0.2, 0) is 16.9 Å². The van der Waals surface area contributed by atoms with E-state index in [1.54, 1.807) is 30.2 Å². The third kappa shape index (κ3) is 5.05. The number of sulfone groups is 1. The lowest BCUT2D eigenvalue weighted by molar-refractivity contribution is 0.342. The third-order valence-electron chi connectivity index (χ3n) is 6.70. The quantitative estimate of drug-likeness (QED) is 0.374. The van der Waals surface area contributed by atoms with E-state index < -0.39 is 9.84 Å². The van der Waals surface area contributed by atoms with E-state index in [0.717, 1.165) is 22.1 Å². The summed E-state index contributed by atoms with van der Waals surface area (Å²) in [6, 6.07) is 8.08. The first kappa shape index (κ1) is 25.2. The molecule has 0 saturated carbocycles. The van der Waals surface area contributed by atoms with Crippen LogP contribution in [0.3, 0.4) is 0 Å². The van der Waals surface area contributed by atoms with Gasteiger partial charge in [0.05, 0.1) is 11.3 Å². The zero-order valence-corrected chi connectivity index (χ0v) is 22.9. The molecule has 0 radical (unpaired) electrons. The highest BCUT2D eigenvalue weighted by Crippen LogP contribution is 2.40. The fourth-order valence-electron chi connectivity index (χ4n) is 4.80. The summed E-state index contributed by atoms with van der Waals surface area (Å²) in [5.74, 6) is 2.01. The Labute approximate surface area is 221 Å². The summed E-state index contributed by atoms with van der Waals surface area (Å²) < 4.78 is 25.2. The number of anilines is 4. The van der Waals surface area contributed by atoms with Crippen molar-refractivity contribution in [1.82, 2.24) is 24.7 Å². The Bertz CT molecular complexity index is 1590. The molecule has 0 amide bonds. The van der Waals surface area contributed by atoms with Crippen molar-refractivity contribution < 1.29 is 8.42 Å². The highest BCUT2D eigenvalue weighted by atomic mass is 35.5. The Morgan fingerprint density at radius 2 is 1.95 bits per heavy atom. The Balaban J connectivity index is 1.47. The summed E-state index contributed by atoms with van der Waals surface area (Å²) in [7, 11) is 2.78. The molecule has 0 aliphatic carbocycles. The molecule has 3 aromatic heterocycles. The van der Waals surface area contributed by atoms with Gasteiger partial charge in [-0.2, -0.15) is 5.10 Å². The number of hydrogen-bond donors (Lipinski definition) is 1. The molecule has 37 heavy (non-hydrogen) atoms. The molecule has 1 aliphatic heterocycles. The molecule has 1 aliphatic rings. The number of fused-ring (bicyclic) bond motifs is 1. The minimum Gasteiger partial charge on any atom is -0.377 e. The van der Waals surface area contributed by atoms with Crippen LogP contribution in [0.25, 0.3) is 22.2 Å². The molecular weight excluding hydrogens is 512 g/mol. The summed E-state index contributed by atoms with van der Waals surface area (Å²) in [4.78, 5) is 17.9. The van der Waals surface area contributed by atoms with Gasteiger partial charge in [0.2, 0.25) is 0 Å². The van der Waals surface area contributed by atoms with Crippen LogP contribution < -0.4 is 15.1 Å². The highest BCUT2D eigenvalue weighted by molar-refractivity contribution is 7.90. The number of aryl methyl sites for hydroxylation is 1. The molecule has 0 unspecified atom stereocenters. The van der Waals surface area contributed by atoms with E-state index in [1.807, 2.05) is 26.4 Å². The van der Waals surface area contributed by atoms with E-state index in [2.05, 4.69) is 54.2 Å². The Kier molecular flexibility index (Phi) is 6.45. The minimum absolute atomic E-state index is 0.118. The maximum absolute atomic E-state index is 11.8. The number of pyridine rings is 1. The number of rotatable bonds is 7. The van der Waals surface area contributed by atoms with Crippen LogP contribution in [0.15, 0.2) is 42.9 Å². The van der Waals surface area contributed by atoms with Crippen molar-refractivity contribution in [3.8, 4) is 11.4 Å². The zero-order valence-electron chi connectivity index (χ0n) is 21.3. The highest BCUT2D eigenvalue weighted by Gasteiger charge is 2.38. The first-order chi connectivity index (χ1) is 17.5. The van der Waals surface area contributed by atoms with E-state index in [4.69, 9.17) is 11.6 Å². The smallest absolute Gasteiger partial charge is 0.166 e. The number of nitrogens with zero attached hydrogens (tertiary/aromatic N) is 7. The summed E-state index contributed by atoms with van der Waals surface area (Å²) in [5.41, 5.74) is 2.75. The standard InChI is InChI=1S/C25H29ClN8O2S/c1-15-16(14-37(5,35)36)12-34(15)21-7-6-20(32(2)3)17-10-23(28-11-18(17)21)29-22-8-9-27-25(30-22)19-13-33(4)31-24(19)26/h6-11,13,15-16H,12,14H2,1-5H3,(H,27,28,29,30)/t15-,16-/m1/s1. The van der Waals surface area contributed by atoms with Gasteiger partial charge in [0, 0.05) is 86.6 Å². The molecule has 10 nitrogen and oxygen atoms in total. The first-order valence-electron chi connectivity index (χ1n) is 11.8. The second-order valence-corrected chi connectivity index (χ2v) is 12.3. The van der Waals surface area contributed by atoms with Gasteiger partial charge >= 0.3 is 0 Å². The van der Waals surface area contributed by atoms with Crippen molar-refractivity contribution >= 4 is 55.2 Å². The van der Waals surface area contributed by atoms with Crippen LogP contribution >= 0.6 is 11.6 Å². The molecule has 2 atom stereocenters. The van der Waals surface area contributed by atoms with Gasteiger partial charge in [0.1, 0.15) is 21.5 Å². The summed E-state index contributed by atoms with van der Waals surface area (Å²) >= 11 is 6.23. The van der Waals surface area contributed by atoms with E-state index in [0.29, 0.717) is 34.7 Å². The lowest BCUT2D eigenvalue weighted by Gasteiger charge is -2.48. The van der Waals surface area contributed by atoms with E-state index >= 15 is 0 Å². The number of aromatic nitrogens is 5. The molecule has 0 bridgehead atoms. The largest absolute Gasteiger partial charge is 0.377 e. The fraction of sp³-hybridized carbons (Fsp3) is 0.360. The van der Waals surface area contributed by atoms with E-state index in [-0.39, 0.29) is 17.7 Å². The lowest BCUT2D eigenvalue weighted by Crippen LogP contribution is -2.57. The van der Waals surface area contributed by atoms with Crippen LogP contribution in [-0.4, -0.2) is 71.8 Å². The van der Waals surface area contributed by atoms with Gasteiger partial charge in [-0.25, -0.2) is 23.4 Å². The lowest BCUT2D eigenvalue weighted by atomic mass is 9.90. The molecule has 12 heteroatoms. The molecule has 1 saturated heterocycles. The van der Waals surface area contributed by atoms with Crippen molar-refractivity contribution in [3.63, 3.8) is 0 Å². The molecule has 1 aromatic carbocycles. The summed E-state index contributed by atoms with van der Waals surface area (Å²) in [5, 5.41) is 9.82. The van der Waals surface area contributed by atoms with Gasteiger partial charge < -0.3 is 15.1 Å². The van der Waals surface area contributed by atoms with Gasteiger partial charge in [-0.15, -0.1) is 0 Å². The molecule has 0 spiro atoms. The predicted molar refractivity (Wildman–Crippen MR) is 149 cm³/mol. The molecule has 1 N–H and O–H groups in total. The Morgan fingerprint density at radius 1 is 1.16 bits per heavy atom. The molecule has 194 valence electrons. The summed E-state index contributed by atoms with van der Waals surface area (Å²) in [6.07, 6.45) is 6.60. The van der Waals surface area contributed by atoms with Crippen molar-refractivity contribution in [2.24, 2.45) is 13.0 Å². The van der Waals surface area contributed by atoms with Crippen molar-refractivity contribution in [1.29, 1.82) is 0 Å². The first-order valence-corrected chi connectivity index (χ1v) is 14.3. The van der Waals surface area contributed by atoms with Gasteiger partial charge in [-0.05, 0) is 31.2 Å². The summed E-state index contributed by atoms with van der Waals surface area (Å²) in [6.45, 7) is 2.78. The van der Waals surface area contributed by atoms with Crippen molar-refractivity contribution in [3.05, 3.63) is 48.0 Å². The van der Waals surface area contributed by atoms with Gasteiger partial charge in [0.25, 0.3) is 0 Å². The number of halogens is 1. The maximum Gasteiger partial charge on any atom is 0.166 e. The van der Waals surface area contributed by atoms with Gasteiger partial charge in [-0.3, -0.25) is 4.68 Å². The average Bonchev–Trinajstić information content (AvgIpc) is 3.18. The average molecular weight is 541 g/mol. The monoisotopic (exact) mass is 540 g/mol. The van der Waals surface area contributed by atoms with Crippen LogP contribution in [0.4, 0.5) is 23.0 Å². The Hall–Kier alpha value is -3.44. The van der Waals surface area contributed by atoms with Crippen LogP contribution in [0.5, 0.6) is 0 Å². The van der Waals surface area contributed by atoms with Crippen LogP contribution in [0, 0.1) is 5.92 Å². The van der Waals surface area contributed by atoms with Crippen LogP contribution in [0.1, 0.15) is 6.92 Å². The second kappa shape index (κ2) is 9.46. The number of hydrogen-bond acceptors (Lipinski definition) is 9. The van der Waals surface area contributed by atoms with E-state index in [9.17, 15) is 8.42 Å². The second-order valence-electron chi connectivity index (χ2n) is 9.76. The predicted octanol–water partition coefficient (Wildman–Crippen LogP) is 3.76. The fourth-order valence-corrected chi connectivity index (χ4v) is 6.22. The maximum atomic E-state index is 11.8. The minimum atomic E-state index is -3.02. The third-order valence-corrected chi connectivity index (χ3v) is 8.02. The molecule has 1 fully saturated rings. The van der Waals surface area contributed by atoms with E-state index in [1.165, 1.54) is 6.26 Å². The topological polar surface area (TPSA) is 109 Å².